The molecule has 26 heavy (non-hydrogen) atoms. The van der Waals surface area contributed by atoms with E-state index in [-0.39, 0.29) is 12.6 Å². The van der Waals surface area contributed by atoms with Crippen molar-refractivity contribution in [3.8, 4) is 5.75 Å². The largest absolute Gasteiger partial charge is 0.490 e. The van der Waals surface area contributed by atoms with Crippen LogP contribution in [0.2, 0.25) is 0 Å². The van der Waals surface area contributed by atoms with E-state index in [1.165, 1.54) is 0 Å². The molecule has 1 aromatic carbocycles. The highest BCUT2D eigenvalue weighted by atomic mass is 19.3. The van der Waals surface area contributed by atoms with Crippen molar-refractivity contribution in [3.05, 3.63) is 48.5 Å². The highest BCUT2D eigenvalue weighted by Gasteiger charge is 2.22. The third-order valence-electron chi connectivity index (χ3n) is 4.81. The third-order valence-corrected chi connectivity index (χ3v) is 4.81. The number of hydrogen-bond acceptors (Lipinski definition) is 4. The Morgan fingerprint density at radius 3 is 2.77 bits per heavy atom. The van der Waals surface area contributed by atoms with E-state index in [2.05, 4.69) is 10.1 Å². The first-order valence-electron chi connectivity index (χ1n) is 8.83. The number of hydrogen-bond donors (Lipinski definition) is 0. The molecule has 138 valence electrons. The molecule has 1 saturated heterocycles. The molecule has 1 aliphatic rings. The van der Waals surface area contributed by atoms with Gasteiger partial charge >= 0.3 is 0 Å². The fourth-order valence-electron chi connectivity index (χ4n) is 3.51. The van der Waals surface area contributed by atoms with Gasteiger partial charge in [-0.15, -0.1) is 0 Å². The van der Waals surface area contributed by atoms with Gasteiger partial charge in [-0.1, -0.05) is 11.2 Å². The van der Waals surface area contributed by atoms with E-state index in [4.69, 9.17) is 9.26 Å². The molecule has 4 rings (SSSR count). The molecule has 1 fully saturated rings. The Kier molecular flexibility index (Phi) is 4.88. The monoisotopic (exact) mass is 361 g/mol. The lowest BCUT2D eigenvalue weighted by molar-refractivity contribution is 0.0925. The van der Waals surface area contributed by atoms with Crippen molar-refractivity contribution in [2.75, 3.05) is 13.1 Å². The zero-order valence-corrected chi connectivity index (χ0v) is 14.4. The zero-order valence-electron chi connectivity index (χ0n) is 14.4. The first-order chi connectivity index (χ1) is 12.7. The Morgan fingerprint density at radius 1 is 1.19 bits per heavy atom. The number of benzene rings is 1. The molecule has 0 N–H and O–H groups in total. The summed E-state index contributed by atoms with van der Waals surface area (Å²) in [6.07, 6.45) is 2.95. The van der Waals surface area contributed by atoms with Gasteiger partial charge in [-0.25, -0.2) is 8.78 Å². The van der Waals surface area contributed by atoms with Crippen molar-refractivity contribution >= 4 is 10.9 Å². The molecule has 0 unspecified atom stereocenters. The lowest BCUT2D eigenvalue weighted by Gasteiger charge is -2.31. The summed E-state index contributed by atoms with van der Waals surface area (Å²) in [6.45, 7) is 2.31. The fourth-order valence-corrected chi connectivity index (χ4v) is 3.51. The Labute approximate surface area is 150 Å². The number of piperidine rings is 1. The number of ether oxygens (including phenoxy) is 1. The summed E-state index contributed by atoms with van der Waals surface area (Å²) in [6, 6.07) is 9.36. The Hall–Kier alpha value is -2.41. The number of rotatable bonds is 6. The SMILES string of the molecule is FC(F)Cn1ccc2c(OC3CCN(Cc4ccno4)CC3)cccc21. The van der Waals surface area contributed by atoms with E-state index in [0.29, 0.717) is 0 Å². The molecule has 0 aliphatic carbocycles. The average molecular weight is 361 g/mol. The van der Waals surface area contributed by atoms with Crippen LogP contribution in [0.15, 0.2) is 47.2 Å². The summed E-state index contributed by atoms with van der Waals surface area (Å²) < 4.78 is 38.3. The van der Waals surface area contributed by atoms with Crippen LogP contribution >= 0.6 is 0 Å². The van der Waals surface area contributed by atoms with Crippen molar-refractivity contribution in [2.24, 2.45) is 0 Å². The van der Waals surface area contributed by atoms with E-state index in [1.807, 2.05) is 30.3 Å². The summed E-state index contributed by atoms with van der Waals surface area (Å²) >= 11 is 0. The maximum Gasteiger partial charge on any atom is 0.256 e. The second-order valence-electron chi connectivity index (χ2n) is 6.62. The minimum absolute atomic E-state index is 0.130. The smallest absolute Gasteiger partial charge is 0.256 e. The molecular formula is C19H21F2N3O2. The van der Waals surface area contributed by atoms with Gasteiger partial charge in [0.05, 0.1) is 24.8 Å². The van der Waals surface area contributed by atoms with Gasteiger partial charge in [-0.05, 0) is 31.0 Å². The van der Waals surface area contributed by atoms with Gasteiger partial charge in [0.1, 0.15) is 11.9 Å². The number of halogens is 2. The molecule has 0 bridgehead atoms. The van der Waals surface area contributed by atoms with E-state index in [0.717, 1.165) is 54.9 Å². The zero-order chi connectivity index (χ0) is 17.9. The van der Waals surface area contributed by atoms with E-state index in [9.17, 15) is 8.78 Å². The second kappa shape index (κ2) is 7.45. The number of nitrogens with zero attached hydrogens (tertiary/aromatic N) is 3. The molecule has 3 aromatic rings. The van der Waals surface area contributed by atoms with Gasteiger partial charge in [-0.3, -0.25) is 4.90 Å². The molecule has 2 aromatic heterocycles. The number of fused-ring (bicyclic) bond motifs is 1. The van der Waals surface area contributed by atoms with Crippen LogP contribution in [0.5, 0.6) is 5.75 Å². The predicted molar refractivity (Wildman–Crippen MR) is 93.4 cm³/mol. The van der Waals surface area contributed by atoms with E-state index in [1.54, 1.807) is 17.0 Å². The average Bonchev–Trinajstić information content (AvgIpc) is 3.27. The number of aromatic nitrogens is 2. The van der Waals surface area contributed by atoms with Crippen LogP contribution in [0, 0.1) is 0 Å². The van der Waals surface area contributed by atoms with Gasteiger partial charge in [0.15, 0.2) is 5.76 Å². The molecule has 0 spiro atoms. The molecule has 5 nitrogen and oxygen atoms in total. The van der Waals surface area contributed by atoms with Crippen LogP contribution in [-0.2, 0) is 13.1 Å². The topological polar surface area (TPSA) is 43.4 Å². The molecule has 0 radical (unpaired) electrons. The predicted octanol–water partition coefficient (Wildman–Crippen LogP) is 3.94. The van der Waals surface area contributed by atoms with Crippen LogP contribution < -0.4 is 4.74 Å². The molecule has 0 atom stereocenters. The van der Waals surface area contributed by atoms with Crippen LogP contribution in [0.3, 0.4) is 0 Å². The standard InChI is InChI=1S/C19H21F2N3O2/c20-19(21)13-24-11-7-16-17(24)2-1-3-18(16)25-14-5-9-23(10-6-14)12-15-4-8-22-26-15/h1-4,7-8,11,14,19H,5-6,9-10,12-13H2. The molecule has 0 amide bonds. The Bertz CT molecular complexity index is 840. The first-order valence-corrected chi connectivity index (χ1v) is 8.83. The van der Waals surface area contributed by atoms with Gasteiger partial charge in [0, 0.05) is 30.7 Å². The summed E-state index contributed by atoms with van der Waals surface area (Å²) in [5.74, 6) is 1.64. The van der Waals surface area contributed by atoms with E-state index >= 15 is 0 Å². The third kappa shape index (κ3) is 3.72. The molecular weight excluding hydrogens is 340 g/mol. The minimum Gasteiger partial charge on any atom is -0.490 e. The summed E-state index contributed by atoms with van der Waals surface area (Å²) in [4.78, 5) is 2.32. The summed E-state index contributed by atoms with van der Waals surface area (Å²) in [5, 5.41) is 4.62. The van der Waals surface area contributed by atoms with Crippen LogP contribution in [0.1, 0.15) is 18.6 Å². The maximum atomic E-state index is 12.7. The van der Waals surface area contributed by atoms with Crippen molar-refractivity contribution in [2.45, 2.75) is 38.5 Å². The molecule has 3 heterocycles. The van der Waals surface area contributed by atoms with Crippen LogP contribution in [-0.4, -0.2) is 40.2 Å². The highest BCUT2D eigenvalue weighted by molar-refractivity contribution is 5.86. The molecule has 1 aliphatic heterocycles. The van der Waals surface area contributed by atoms with E-state index < -0.39 is 6.43 Å². The van der Waals surface area contributed by atoms with Gasteiger partial charge in [-0.2, -0.15) is 0 Å². The van der Waals surface area contributed by atoms with Crippen molar-refractivity contribution in [1.82, 2.24) is 14.6 Å². The highest BCUT2D eigenvalue weighted by Crippen LogP contribution is 2.29. The lowest BCUT2D eigenvalue weighted by Crippen LogP contribution is -2.37. The summed E-state index contributed by atoms with van der Waals surface area (Å²) in [5.41, 5.74) is 0.783. The lowest BCUT2D eigenvalue weighted by atomic mass is 10.1. The van der Waals surface area contributed by atoms with Crippen molar-refractivity contribution in [1.29, 1.82) is 0 Å². The molecule has 7 heteroatoms. The minimum atomic E-state index is -2.37. The van der Waals surface area contributed by atoms with Gasteiger partial charge in [0.25, 0.3) is 6.43 Å². The van der Waals surface area contributed by atoms with Crippen LogP contribution in [0.4, 0.5) is 8.78 Å². The quantitative estimate of drug-likeness (QED) is 0.667. The van der Waals surface area contributed by atoms with Gasteiger partial charge < -0.3 is 13.8 Å². The van der Waals surface area contributed by atoms with Gasteiger partial charge in [0.2, 0.25) is 0 Å². The summed E-state index contributed by atoms with van der Waals surface area (Å²) in [7, 11) is 0. The Balaban J connectivity index is 1.39. The van der Waals surface area contributed by atoms with Crippen LogP contribution in [0.25, 0.3) is 10.9 Å². The van der Waals surface area contributed by atoms with Crippen molar-refractivity contribution in [3.63, 3.8) is 0 Å². The normalized spacial score (nSPS) is 16.6. The molecule has 0 saturated carbocycles. The second-order valence-corrected chi connectivity index (χ2v) is 6.62. The Morgan fingerprint density at radius 2 is 2.04 bits per heavy atom. The first kappa shape index (κ1) is 17.0. The fraction of sp³-hybridized carbons (Fsp3) is 0.421. The number of alkyl halides is 2. The maximum absolute atomic E-state index is 12.7. The van der Waals surface area contributed by atoms with Crippen molar-refractivity contribution < 1.29 is 18.0 Å². The number of likely N-dealkylation sites (tertiary alicyclic amines) is 1.